The summed E-state index contributed by atoms with van der Waals surface area (Å²) < 4.78 is 0. The molecule has 1 saturated heterocycles. The molecule has 1 heterocycles. The topological polar surface area (TPSA) is 64.1 Å². The van der Waals surface area contributed by atoms with E-state index in [0.29, 0.717) is 32.2 Å². The van der Waals surface area contributed by atoms with Gasteiger partial charge in [-0.05, 0) is 19.3 Å². The first-order chi connectivity index (χ1) is 9.11. The van der Waals surface area contributed by atoms with Crippen LogP contribution in [-0.4, -0.2) is 77.1 Å². The number of carboxylic acids is 1. The van der Waals surface area contributed by atoms with Gasteiger partial charge in [-0.15, -0.1) is 0 Å². The Balaban J connectivity index is 1.82. The zero-order valence-corrected chi connectivity index (χ0v) is 11.5. The molecule has 2 aliphatic rings. The molecule has 0 bridgehead atoms. The molecule has 1 aliphatic heterocycles. The van der Waals surface area contributed by atoms with Crippen LogP contribution in [0.25, 0.3) is 0 Å². The number of hydrogen-bond donors (Lipinski definition) is 1. The van der Waals surface area contributed by atoms with Gasteiger partial charge in [0.15, 0.2) is 0 Å². The van der Waals surface area contributed by atoms with E-state index in [-0.39, 0.29) is 12.6 Å². The van der Waals surface area contributed by atoms with Gasteiger partial charge in [0.25, 0.3) is 0 Å². The summed E-state index contributed by atoms with van der Waals surface area (Å²) in [4.78, 5) is 28.8. The highest BCUT2D eigenvalue weighted by Gasteiger charge is 2.35. The zero-order chi connectivity index (χ0) is 13.8. The lowest BCUT2D eigenvalue weighted by molar-refractivity contribution is -0.138. The zero-order valence-electron chi connectivity index (χ0n) is 11.5. The number of hydrogen-bond acceptors (Lipinski definition) is 3. The van der Waals surface area contributed by atoms with Crippen LogP contribution < -0.4 is 0 Å². The van der Waals surface area contributed by atoms with Crippen molar-refractivity contribution < 1.29 is 14.7 Å². The number of amides is 2. The molecule has 2 rings (SSSR count). The molecule has 2 amide bonds. The minimum absolute atomic E-state index is 0.0727. The Morgan fingerprint density at radius 3 is 2.32 bits per heavy atom. The van der Waals surface area contributed by atoms with E-state index in [9.17, 15) is 9.59 Å². The number of rotatable bonds is 5. The van der Waals surface area contributed by atoms with E-state index in [2.05, 4.69) is 6.92 Å². The molecule has 1 N–H and O–H groups in total. The number of urea groups is 1. The predicted octanol–water partition coefficient (Wildman–Crippen LogP) is 0.683. The highest BCUT2D eigenvalue weighted by molar-refractivity contribution is 5.75. The van der Waals surface area contributed by atoms with E-state index in [4.69, 9.17) is 5.11 Å². The summed E-state index contributed by atoms with van der Waals surface area (Å²) in [6.45, 7) is 5.58. The van der Waals surface area contributed by atoms with Gasteiger partial charge in [0.2, 0.25) is 0 Å². The second-order valence-electron chi connectivity index (χ2n) is 5.36. The first kappa shape index (κ1) is 14.1. The van der Waals surface area contributed by atoms with Crippen LogP contribution in [0.4, 0.5) is 4.79 Å². The van der Waals surface area contributed by atoms with Crippen molar-refractivity contribution in [3.8, 4) is 0 Å². The summed E-state index contributed by atoms with van der Waals surface area (Å²) in [7, 11) is 0. The minimum Gasteiger partial charge on any atom is -0.480 e. The average molecular weight is 269 g/mol. The largest absolute Gasteiger partial charge is 0.480 e. The number of aliphatic carboxylic acids is 1. The van der Waals surface area contributed by atoms with Gasteiger partial charge in [0.1, 0.15) is 0 Å². The molecular weight excluding hydrogens is 246 g/mol. The van der Waals surface area contributed by atoms with Crippen LogP contribution in [0.2, 0.25) is 0 Å². The first-order valence-corrected chi connectivity index (χ1v) is 7.11. The molecule has 0 aromatic heterocycles. The van der Waals surface area contributed by atoms with Gasteiger partial charge in [-0.2, -0.15) is 0 Å². The fraction of sp³-hybridized carbons (Fsp3) is 0.846. The first-order valence-electron chi connectivity index (χ1n) is 7.11. The van der Waals surface area contributed by atoms with Crippen molar-refractivity contribution in [2.75, 3.05) is 39.3 Å². The molecule has 0 aromatic rings. The third-order valence-electron chi connectivity index (χ3n) is 3.70. The fourth-order valence-corrected chi connectivity index (χ4v) is 2.53. The van der Waals surface area contributed by atoms with Crippen molar-refractivity contribution >= 4 is 12.0 Å². The van der Waals surface area contributed by atoms with Gasteiger partial charge < -0.3 is 14.9 Å². The van der Waals surface area contributed by atoms with E-state index < -0.39 is 5.97 Å². The lowest BCUT2D eigenvalue weighted by atomic mass is 10.3. The van der Waals surface area contributed by atoms with Gasteiger partial charge in [0, 0.05) is 38.8 Å². The number of carbonyl (C=O) groups excluding carboxylic acids is 1. The quantitative estimate of drug-likeness (QED) is 0.797. The van der Waals surface area contributed by atoms with Crippen molar-refractivity contribution in [2.45, 2.75) is 32.2 Å². The maximum Gasteiger partial charge on any atom is 0.320 e. The summed E-state index contributed by atoms with van der Waals surface area (Å²) in [6, 6.07) is 0.587. The molecule has 0 unspecified atom stereocenters. The van der Waals surface area contributed by atoms with Gasteiger partial charge >= 0.3 is 12.0 Å². The van der Waals surface area contributed by atoms with Crippen LogP contribution in [0.5, 0.6) is 0 Å². The van der Waals surface area contributed by atoms with Crippen molar-refractivity contribution in [3.05, 3.63) is 0 Å². The number of nitrogens with zero attached hydrogens (tertiary/aromatic N) is 3. The third kappa shape index (κ3) is 3.83. The standard InChI is InChI=1S/C13H23N3O3/c1-2-5-16(11-3-4-11)13(19)15-8-6-14(7-9-15)10-12(17)18/h11H,2-10H2,1H3,(H,17,18). The van der Waals surface area contributed by atoms with Crippen molar-refractivity contribution in [2.24, 2.45) is 0 Å². The lowest BCUT2D eigenvalue weighted by Gasteiger charge is -2.37. The molecule has 6 nitrogen and oxygen atoms in total. The molecule has 1 aliphatic carbocycles. The Labute approximate surface area is 114 Å². The van der Waals surface area contributed by atoms with Gasteiger partial charge in [-0.25, -0.2) is 4.79 Å². The molecule has 0 atom stereocenters. The molecule has 6 heteroatoms. The number of piperazine rings is 1. The molecule has 19 heavy (non-hydrogen) atoms. The number of carbonyl (C=O) groups is 2. The summed E-state index contributed by atoms with van der Waals surface area (Å²) >= 11 is 0. The summed E-state index contributed by atoms with van der Waals surface area (Å²) in [6.07, 6.45) is 3.25. The smallest absolute Gasteiger partial charge is 0.320 e. The average Bonchev–Trinajstić information content (AvgIpc) is 3.19. The lowest BCUT2D eigenvalue weighted by Crippen LogP contribution is -2.54. The Kier molecular flexibility index (Phi) is 4.63. The van der Waals surface area contributed by atoms with E-state index in [1.54, 1.807) is 0 Å². The van der Waals surface area contributed by atoms with Crippen molar-refractivity contribution in [1.82, 2.24) is 14.7 Å². The monoisotopic (exact) mass is 269 g/mol. The predicted molar refractivity (Wildman–Crippen MR) is 71.1 cm³/mol. The molecule has 108 valence electrons. The number of carboxylic acid groups (broad SMARTS) is 1. The molecular formula is C13H23N3O3. The molecule has 1 saturated carbocycles. The molecule has 0 aromatic carbocycles. The maximum absolute atomic E-state index is 12.4. The van der Waals surface area contributed by atoms with Crippen LogP contribution in [0.3, 0.4) is 0 Å². The summed E-state index contributed by atoms with van der Waals surface area (Å²) in [5, 5.41) is 8.75. The van der Waals surface area contributed by atoms with Crippen LogP contribution in [0.15, 0.2) is 0 Å². The van der Waals surface area contributed by atoms with Crippen LogP contribution in [-0.2, 0) is 4.79 Å². The Hall–Kier alpha value is -1.30. The summed E-state index contributed by atoms with van der Waals surface area (Å²) in [5.41, 5.74) is 0. The highest BCUT2D eigenvalue weighted by atomic mass is 16.4. The Morgan fingerprint density at radius 2 is 1.84 bits per heavy atom. The third-order valence-corrected chi connectivity index (χ3v) is 3.70. The van der Waals surface area contributed by atoms with E-state index in [1.165, 1.54) is 0 Å². The van der Waals surface area contributed by atoms with Gasteiger partial charge in [0.05, 0.1) is 6.54 Å². The van der Waals surface area contributed by atoms with E-state index in [0.717, 1.165) is 25.8 Å². The van der Waals surface area contributed by atoms with Gasteiger partial charge in [-0.3, -0.25) is 9.69 Å². The maximum atomic E-state index is 12.4. The molecule has 2 fully saturated rings. The SMILES string of the molecule is CCCN(C(=O)N1CCN(CC(=O)O)CC1)C1CC1. The Morgan fingerprint density at radius 1 is 1.21 bits per heavy atom. The summed E-state index contributed by atoms with van der Waals surface area (Å²) in [5.74, 6) is -0.801. The van der Waals surface area contributed by atoms with E-state index >= 15 is 0 Å². The van der Waals surface area contributed by atoms with Crippen molar-refractivity contribution in [1.29, 1.82) is 0 Å². The Bertz CT molecular complexity index is 336. The minimum atomic E-state index is -0.801. The van der Waals surface area contributed by atoms with Crippen LogP contribution in [0.1, 0.15) is 26.2 Å². The second-order valence-corrected chi connectivity index (χ2v) is 5.36. The molecule has 0 radical (unpaired) electrons. The van der Waals surface area contributed by atoms with Crippen LogP contribution >= 0.6 is 0 Å². The fourth-order valence-electron chi connectivity index (χ4n) is 2.53. The van der Waals surface area contributed by atoms with Crippen molar-refractivity contribution in [3.63, 3.8) is 0 Å². The highest BCUT2D eigenvalue weighted by Crippen LogP contribution is 2.28. The van der Waals surface area contributed by atoms with E-state index in [1.807, 2.05) is 14.7 Å². The normalized spacial score (nSPS) is 20.4. The molecule has 0 spiro atoms. The van der Waals surface area contributed by atoms with Gasteiger partial charge in [-0.1, -0.05) is 6.92 Å². The van der Waals surface area contributed by atoms with Crippen LogP contribution in [0, 0.1) is 0 Å². The second kappa shape index (κ2) is 6.23.